The molecule has 1 N–H and O–H groups in total. The van der Waals surface area contributed by atoms with Crippen molar-refractivity contribution in [3.05, 3.63) is 40.4 Å². The van der Waals surface area contributed by atoms with Gasteiger partial charge < -0.3 is 9.88 Å². The van der Waals surface area contributed by atoms with Gasteiger partial charge in [-0.3, -0.25) is 0 Å². The summed E-state index contributed by atoms with van der Waals surface area (Å²) in [6.07, 6.45) is -3.00. The summed E-state index contributed by atoms with van der Waals surface area (Å²) in [6, 6.07) is 3.48. The van der Waals surface area contributed by atoms with Crippen molar-refractivity contribution >= 4 is 45.9 Å². The molecule has 0 aliphatic heterocycles. The SMILES string of the molecule is CCn1cnc2c(Nc3ccc(Cl)c(C(F)(F)F)c3)nc(Cl)nc21. The first kappa shape index (κ1) is 16.8. The molecular weight excluding hydrogens is 366 g/mol. The van der Waals surface area contributed by atoms with Gasteiger partial charge in [0.15, 0.2) is 17.0 Å². The Balaban J connectivity index is 2.06. The third-order valence-electron chi connectivity index (χ3n) is 3.31. The Morgan fingerprint density at radius 2 is 1.96 bits per heavy atom. The van der Waals surface area contributed by atoms with E-state index in [1.165, 1.54) is 6.07 Å². The molecule has 0 unspecified atom stereocenters. The highest BCUT2D eigenvalue weighted by molar-refractivity contribution is 6.31. The van der Waals surface area contributed by atoms with E-state index in [2.05, 4.69) is 20.3 Å². The van der Waals surface area contributed by atoms with Gasteiger partial charge in [0.05, 0.1) is 16.9 Å². The van der Waals surface area contributed by atoms with Gasteiger partial charge in [0.2, 0.25) is 5.28 Å². The molecule has 24 heavy (non-hydrogen) atoms. The molecule has 2 aromatic heterocycles. The number of nitrogens with one attached hydrogen (secondary N) is 1. The Morgan fingerprint density at radius 3 is 2.62 bits per heavy atom. The maximum atomic E-state index is 13.0. The summed E-state index contributed by atoms with van der Waals surface area (Å²) in [6.45, 7) is 2.52. The van der Waals surface area contributed by atoms with Gasteiger partial charge in [-0.25, -0.2) is 4.98 Å². The van der Waals surface area contributed by atoms with E-state index >= 15 is 0 Å². The van der Waals surface area contributed by atoms with Crippen LogP contribution in [-0.2, 0) is 12.7 Å². The summed E-state index contributed by atoms with van der Waals surface area (Å²) in [4.78, 5) is 12.3. The standard InChI is InChI=1S/C14H10Cl2F3N5/c1-2-24-6-20-10-11(22-13(16)23-12(10)24)21-7-3-4-9(15)8(5-7)14(17,18)19/h3-6H,2H2,1H3,(H,21,22,23). The van der Waals surface area contributed by atoms with Gasteiger partial charge in [0.25, 0.3) is 0 Å². The first-order valence-corrected chi connectivity index (χ1v) is 7.57. The molecule has 126 valence electrons. The molecule has 0 saturated carbocycles. The number of rotatable bonds is 3. The average Bonchev–Trinajstić information content (AvgIpc) is 2.91. The van der Waals surface area contributed by atoms with Crippen LogP contribution in [0.1, 0.15) is 12.5 Å². The minimum Gasteiger partial charge on any atom is -0.338 e. The number of aromatic nitrogens is 4. The number of benzene rings is 1. The summed E-state index contributed by atoms with van der Waals surface area (Å²) in [7, 11) is 0. The van der Waals surface area contributed by atoms with Crippen molar-refractivity contribution in [3.63, 3.8) is 0 Å². The van der Waals surface area contributed by atoms with Gasteiger partial charge >= 0.3 is 6.18 Å². The summed E-state index contributed by atoms with van der Waals surface area (Å²) in [5, 5.41) is 2.38. The van der Waals surface area contributed by atoms with Crippen molar-refractivity contribution in [3.8, 4) is 0 Å². The van der Waals surface area contributed by atoms with Crippen LogP contribution in [0.4, 0.5) is 24.7 Å². The van der Waals surface area contributed by atoms with E-state index in [4.69, 9.17) is 23.2 Å². The normalized spacial score (nSPS) is 11.9. The second-order valence-corrected chi connectivity index (χ2v) is 5.61. The maximum absolute atomic E-state index is 13.0. The zero-order valence-corrected chi connectivity index (χ0v) is 13.7. The molecule has 0 atom stereocenters. The third-order valence-corrected chi connectivity index (χ3v) is 3.81. The lowest BCUT2D eigenvalue weighted by molar-refractivity contribution is -0.137. The lowest BCUT2D eigenvalue weighted by atomic mass is 10.2. The first-order valence-electron chi connectivity index (χ1n) is 6.81. The molecule has 5 nitrogen and oxygen atoms in total. The average molecular weight is 376 g/mol. The molecule has 3 rings (SSSR count). The molecule has 0 aliphatic carbocycles. The van der Waals surface area contributed by atoms with Crippen LogP contribution in [0.2, 0.25) is 10.3 Å². The highest BCUT2D eigenvalue weighted by Gasteiger charge is 2.33. The van der Waals surface area contributed by atoms with E-state index in [0.717, 1.165) is 12.1 Å². The number of halogens is 5. The number of hydrogen-bond donors (Lipinski definition) is 1. The van der Waals surface area contributed by atoms with Crippen LogP contribution >= 0.6 is 23.2 Å². The molecule has 0 fully saturated rings. The van der Waals surface area contributed by atoms with E-state index in [9.17, 15) is 13.2 Å². The number of alkyl halides is 3. The van der Waals surface area contributed by atoms with Crippen LogP contribution in [0.15, 0.2) is 24.5 Å². The van der Waals surface area contributed by atoms with E-state index in [-0.39, 0.29) is 21.8 Å². The van der Waals surface area contributed by atoms with Crippen LogP contribution in [0, 0.1) is 0 Å². The van der Waals surface area contributed by atoms with Gasteiger partial charge in [-0.15, -0.1) is 0 Å². The molecule has 1 aromatic carbocycles. The highest BCUT2D eigenvalue weighted by Crippen LogP contribution is 2.37. The number of imidazole rings is 1. The Hall–Kier alpha value is -2.06. The Morgan fingerprint density at radius 1 is 1.21 bits per heavy atom. The molecule has 0 amide bonds. The highest BCUT2D eigenvalue weighted by atomic mass is 35.5. The van der Waals surface area contributed by atoms with Gasteiger partial charge in [-0.2, -0.15) is 23.1 Å². The number of aryl methyl sites for hydroxylation is 1. The molecule has 10 heteroatoms. The summed E-state index contributed by atoms with van der Waals surface area (Å²) >= 11 is 11.5. The summed E-state index contributed by atoms with van der Waals surface area (Å²) in [5.74, 6) is 0.215. The molecule has 0 saturated heterocycles. The van der Waals surface area contributed by atoms with Gasteiger partial charge in [0.1, 0.15) is 0 Å². The predicted octanol–water partition coefficient (Wildman–Crippen LogP) is 4.92. The van der Waals surface area contributed by atoms with Crippen LogP contribution in [0.25, 0.3) is 11.2 Å². The fraction of sp³-hybridized carbons (Fsp3) is 0.214. The molecule has 2 heterocycles. The minimum absolute atomic E-state index is 0.0368. The minimum atomic E-state index is -4.56. The number of anilines is 2. The predicted molar refractivity (Wildman–Crippen MR) is 85.7 cm³/mol. The lowest BCUT2D eigenvalue weighted by Gasteiger charge is -2.12. The Kier molecular flexibility index (Phi) is 4.27. The Bertz CT molecular complexity index is 907. The monoisotopic (exact) mass is 375 g/mol. The topological polar surface area (TPSA) is 55.6 Å². The fourth-order valence-corrected chi connectivity index (χ4v) is 2.58. The van der Waals surface area contributed by atoms with Crippen molar-refractivity contribution in [1.29, 1.82) is 0 Å². The molecule has 0 bridgehead atoms. The third kappa shape index (κ3) is 3.11. The molecule has 0 radical (unpaired) electrons. The van der Waals surface area contributed by atoms with Gasteiger partial charge in [-0.1, -0.05) is 11.6 Å². The Labute approximate surface area is 144 Å². The van der Waals surface area contributed by atoms with Crippen LogP contribution < -0.4 is 5.32 Å². The number of fused-ring (bicyclic) bond motifs is 1. The quantitative estimate of drug-likeness (QED) is 0.660. The van der Waals surface area contributed by atoms with Crippen molar-refractivity contribution in [2.24, 2.45) is 0 Å². The van der Waals surface area contributed by atoms with E-state index in [1.54, 1.807) is 10.9 Å². The lowest BCUT2D eigenvalue weighted by Crippen LogP contribution is -2.07. The fourth-order valence-electron chi connectivity index (χ4n) is 2.19. The van der Waals surface area contributed by atoms with E-state index in [0.29, 0.717) is 17.7 Å². The van der Waals surface area contributed by atoms with Gasteiger partial charge in [0, 0.05) is 12.2 Å². The summed E-state index contributed by atoms with van der Waals surface area (Å²) in [5.41, 5.74) is 0.119. The van der Waals surface area contributed by atoms with Gasteiger partial charge in [-0.05, 0) is 36.7 Å². The van der Waals surface area contributed by atoms with Crippen molar-refractivity contribution in [2.45, 2.75) is 19.6 Å². The largest absolute Gasteiger partial charge is 0.417 e. The van der Waals surface area contributed by atoms with E-state index < -0.39 is 11.7 Å². The summed E-state index contributed by atoms with van der Waals surface area (Å²) < 4.78 is 40.6. The molecule has 0 spiro atoms. The molecular formula is C14H10Cl2F3N5. The van der Waals surface area contributed by atoms with E-state index in [1.807, 2.05) is 6.92 Å². The van der Waals surface area contributed by atoms with Crippen LogP contribution in [0.5, 0.6) is 0 Å². The van der Waals surface area contributed by atoms with Crippen molar-refractivity contribution in [2.75, 3.05) is 5.32 Å². The number of nitrogens with zero attached hydrogens (tertiary/aromatic N) is 4. The zero-order chi connectivity index (χ0) is 17.5. The second kappa shape index (κ2) is 6.10. The maximum Gasteiger partial charge on any atom is 0.417 e. The van der Waals surface area contributed by atoms with Crippen molar-refractivity contribution in [1.82, 2.24) is 19.5 Å². The zero-order valence-electron chi connectivity index (χ0n) is 12.2. The van der Waals surface area contributed by atoms with Crippen molar-refractivity contribution < 1.29 is 13.2 Å². The molecule has 3 aromatic rings. The van der Waals surface area contributed by atoms with Crippen LogP contribution in [-0.4, -0.2) is 19.5 Å². The van der Waals surface area contributed by atoms with Crippen LogP contribution in [0.3, 0.4) is 0 Å². The molecule has 0 aliphatic rings. The first-order chi connectivity index (χ1) is 11.3. The second-order valence-electron chi connectivity index (χ2n) is 4.86. The smallest absolute Gasteiger partial charge is 0.338 e. The number of hydrogen-bond acceptors (Lipinski definition) is 4.